The van der Waals surface area contributed by atoms with E-state index in [-0.39, 0.29) is 5.69 Å². The lowest BCUT2D eigenvalue weighted by atomic mass is 10.3. The van der Waals surface area contributed by atoms with E-state index < -0.39 is 5.97 Å². The van der Waals surface area contributed by atoms with Crippen LogP contribution in [0.25, 0.3) is 5.52 Å². The first-order chi connectivity index (χ1) is 9.13. The van der Waals surface area contributed by atoms with Gasteiger partial charge in [0.1, 0.15) is 5.82 Å². The van der Waals surface area contributed by atoms with Crippen molar-refractivity contribution in [3.63, 3.8) is 0 Å². The minimum atomic E-state index is -0.991. The van der Waals surface area contributed by atoms with Gasteiger partial charge in [-0.25, -0.2) is 9.78 Å². The Kier molecular flexibility index (Phi) is 3.97. The zero-order valence-electron chi connectivity index (χ0n) is 10.9. The zero-order chi connectivity index (χ0) is 13.8. The average molecular weight is 259 g/mol. The number of aromatic carboxylic acids is 1. The molecule has 0 unspecified atom stereocenters. The van der Waals surface area contributed by atoms with E-state index in [2.05, 4.69) is 16.5 Å². The summed E-state index contributed by atoms with van der Waals surface area (Å²) in [4.78, 5) is 17.5. The van der Waals surface area contributed by atoms with E-state index >= 15 is 0 Å². The lowest BCUT2D eigenvalue weighted by Gasteiger charge is -2.13. The van der Waals surface area contributed by atoms with Gasteiger partial charge in [0.2, 0.25) is 0 Å². The zero-order valence-corrected chi connectivity index (χ0v) is 10.9. The third kappa shape index (κ3) is 2.82. The van der Waals surface area contributed by atoms with E-state index in [4.69, 9.17) is 5.11 Å². The number of fused-ring (bicyclic) bond motifs is 1. The molecular formula is C14H17N3O2. The average Bonchev–Trinajstić information content (AvgIpc) is 2.76. The minimum absolute atomic E-state index is 0.113. The van der Waals surface area contributed by atoms with Crippen LogP contribution in [0.3, 0.4) is 0 Å². The third-order valence-corrected chi connectivity index (χ3v) is 2.98. The maximum atomic E-state index is 11.2. The third-order valence-electron chi connectivity index (χ3n) is 2.98. The van der Waals surface area contributed by atoms with Crippen LogP contribution < -0.4 is 0 Å². The van der Waals surface area contributed by atoms with E-state index in [9.17, 15) is 4.79 Å². The molecule has 0 aliphatic rings. The van der Waals surface area contributed by atoms with Crippen LogP contribution in [-0.4, -0.2) is 45.5 Å². The van der Waals surface area contributed by atoms with Crippen LogP contribution in [0, 0.1) is 0 Å². The molecule has 2 aromatic heterocycles. The van der Waals surface area contributed by atoms with Crippen LogP contribution >= 0.6 is 0 Å². The second-order valence-electron chi connectivity index (χ2n) is 4.44. The highest BCUT2D eigenvalue weighted by atomic mass is 16.4. The van der Waals surface area contributed by atoms with Crippen molar-refractivity contribution < 1.29 is 9.90 Å². The standard InChI is InChI=1S/C14H17N3O2/c1-3-8-16(2)10-7-12-15-13(14(18)19)11-6-4-5-9-17(11)12/h3-6,9H,1,7-8,10H2,2H3,(H,18,19). The molecule has 0 bridgehead atoms. The van der Waals surface area contributed by atoms with E-state index in [0.717, 1.165) is 18.9 Å². The largest absolute Gasteiger partial charge is 0.476 e. The predicted molar refractivity (Wildman–Crippen MR) is 73.5 cm³/mol. The molecule has 2 aromatic rings. The Morgan fingerprint density at radius 3 is 3.05 bits per heavy atom. The molecule has 0 aliphatic heterocycles. The van der Waals surface area contributed by atoms with E-state index in [0.29, 0.717) is 11.9 Å². The molecule has 19 heavy (non-hydrogen) atoms. The highest BCUT2D eigenvalue weighted by Crippen LogP contribution is 2.13. The van der Waals surface area contributed by atoms with Gasteiger partial charge < -0.3 is 14.4 Å². The van der Waals surface area contributed by atoms with Crippen molar-refractivity contribution in [2.45, 2.75) is 6.42 Å². The Morgan fingerprint density at radius 1 is 1.58 bits per heavy atom. The van der Waals surface area contributed by atoms with Crippen molar-refractivity contribution in [2.24, 2.45) is 0 Å². The molecule has 0 saturated carbocycles. The molecule has 0 amide bonds. The van der Waals surface area contributed by atoms with Crippen molar-refractivity contribution in [1.29, 1.82) is 0 Å². The van der Waals surface area contributed by atoms with Crippen LogP contribution in [0.4, 0.5) is 0 Å². The summed E-state index contributed by atoms with van der Waals surface area (Å²) in [5.74, 6) is -0.224. The number of carboxylic acid groups (broad SMARTS) is 1. The number of nitrogens with zero attached hydrogens (tertiary/aromatic N) is 3. The van der Waals surface area contributed by atoms with Gasteiger partial charge >= 0.3 is 5.97 Å². The molecule has 0 atom stereocenters. The summed E-state index contributed by atoms with van der Waals surface area (Å²) in [6.07, 6.45) is 4.38. The van der Waals surface area contributed by atoms with E-state index in [1.807, 2.05) is 35.9 Å². The SMILES string of the molecule is C=CCN(C)CCc1nc(C(=O)O)c2ccccn12. The van der Waals surface area contributed by atoms with Gasteiger partial charge in [0.15, 0.2) is 5.69 Å². The molecule has 1 N–H and O–H groups in total. The second-order valence-corrected chi connectivity index (χ2v) is 4.44. The molecule has 100 valence electrons. The van der Waals surface area contributed by atoms with Crippen LogP contribution in [0.1, 0.15) is 16.3 Å². The monoisotopic (exact) mass is 259 g/mol. The van der Waals surface area contributed by atoms with Crippen LogP contribution in [0.15, 0.2) is 37.1 Å². The molecule has 2 rings (SSSR count). The van der Waals surface area contributed by atoms with Gasteiger partial charge in [-0.15, -0.1) is 6.58 Å². The van der Waals surface area contributed by atoms with Gasteiger partial charge in [-0.3, -0.25) is 0 Å². The lowest BCUT2D eigenvalue weighted by Crippen LogP contribution is -2.21. The molecule has 0 saturated heterocycles. The Balaban J connectivity index is 2.28. The molecule has 5 heteroatoms. The first-order valence-electron chi connectivity index (χ1n) is 6.12. The minimum Gasteiger partial charge on any atom is -0.476 e. The maximum Gasteiger partial charge on any atom is 0.356 e. The van der Waals surface area contributed by atoms with Gasteiger partial charge in [0.05, 0.1) is 5.52 Å². The first kappa shape index (κ1) is 13.3. The molecule has 0 fully saturated rings. The van der Waals surface area contributed by atoms with Crippen LogP contribution in [0.5, 0.6) is 0 Å². The molecular weight excluding hydrogens is 242 g/mol. The summed E-state index contributed by atoms with van der Waals surface area (Å²) < 4.78 is 1.84. The smallest absolute Gasteiger partial charge is 0.356 e. The summed E-state index contributed by atoms with van der Waals surface area (Å²) in [6, 6.07) is 5.46. The summed E-state index contributed by atoms with van der Waals surface area (Å²) >= 11 is 0. The van der Waals surface area contributed by atoms with Gasteiger partial charge in [-0.1, -0.05) is 12.1 Å². The molecule has 0 spiro atoms. The fourth-order valence-electron chi connectivity index (χ4n) is 2.04. The first-order valence-corrected chi connectivity index (χ1v) is 6.12. The number of rotatable bonds is 6. The molecule has 0 aliphatic carbocycles. The van der Waals surface area contributed by atoms with Crippen LogP contribution in [-0.2, 0) is 6.42 Å². The number of imidazole rings is 1. The van der Waals surface area contributed by atoms with Crippen molar-refractivity contribution >= 4 is 11.5 Å². The summed E-state index contributed by atoms with van der Waals surface area (Å²) in [6.45, 7) is 5.30. The Labute approximate surface area is 111 Å². The normalized spacial score (nSPS) is 11.1. The molecule has 5 nitrogen and oxygen atoms in total. The fraction of sp³-hybridized carbons (Fsp3) is 0.286. The highest BCUT2D eigenvalue weighted by molar-refractivity contribution is 5.93. The highest BCUT2D eigenvalue weighted by Gasteiger charge is 2.15. The van der Waals surface area contributed by atoms with Crippen molar-refractivity contribution in [1.82, 2.24) is 14.3 Å². The fourth-order valence-corrected chi connectivity index (χ4v) is 2.04. The topological polar surface area (TPSA) is 57.8 Å². The van der Waals surface area contributed by atoms with Crippen molar-refractivity contribution in [3.05, 3.63) is 48.6 Å². The number of aromatic nitrogens is 2. The number of hydrogen-bond donors (Lipinski definition) is 1. The van der Waals surface area contributed by atoms with E-state index in [1.165, 1.54) is 0 Å². The second kappa shape index (κ2) is 5.67. The number of carbonyl (C=O) groups is 1. The molecule has 0 radical (unpaired) electrons. The lowest BCUT2D eigenvalue weighted by molar-refractivity contribution is 0.0693. The Bertz CT molecular complexity index is 604. The summed E-state index contributed by atoms with van der Waals surface area (Å²) in [7, 11) is 2.00. The number of hydrogen-bond acceptors (Lipinski definition) is 3. The number of carboxylic acids is 1. The van der Waals surface area contributed by atoms with Crippen LogP contribution in [0.2, 0.25) is 0 Å². The van der Waals surface area contributed by atoms with Gasteiger partial charge in [-0.05, 0) is 19.2 Å². The summed E-state index contributed by atoms with van der Waals surface area (Å²) in [5, 5.41) is 9.16. The van der Waals surface area contributed by atoms with E-state index in [1.54, 1.807) is 6.07 Å². The number of pyridine rings is 1. The Hall–Kier alpha value is -2.14. The Morgan fingerprint density at radius 2 is 2.37 bits per heavy atom. The van der Waals surface area contributed by atoms with Crippen molar-refractivity contribution in [2.75, 3.05) is 20.1 Å². The molecule has 0 aromatic carbocycles. The van der Waals surface area contributed by atoms with Gasteiger partial charge in [0, 0.05) is 25.7 Å². The van der Waals surface area contributed by atoms with Gasteiger partial charge in [-0.2, -0.15) is 0 Å². The predicted octanol–water partition coefficient (Wildman–Crippen LogP) is 1.69. The van der Waals surface area contributed by atoms with Crippen molar-refractivity contribution in [3.8, 4) is 0 Å². The van der Waals surface area contributed by atoms with Gasteiger partial charge in [0.25, 0.3) is 0 Å². The summed E-state index contributed by atoms with van der Waals surface area (Å²) in [5.41, 5.74) is 0.748. The number of likely N-dealkylation sites (N-methyl/N-ethyl adjacent to an activating group) is 1. The maximum absolute atomic E-state index is 11.2. The molecule has 2 heterocycles. The quantitative estimate of drug-likeness (QED) is 0.802.